The van der Waals surface area contributed by atoms with Crippen molar-refractivity contribution in [2.45, 2.75) is 0 Å². The van der Waals surface area contributed by atoms with Crippen LogP contribution in [0.4, 0.5) is 0 Å². The molecule has 0 rings (SSSR count). The van der Waals surface area contributed by atoms with Crippen LogP contribution in [0.3, 0.4) is 0 Å². The maximum atomic E-state index is 3.80. The summed E-state index contributed by atoms with van der Waals surface area (Å²) in [5, 5.41) is 0. The van der Waals surface area contributed by atoms with Gasteiger partial charge in [-0.1, -0.05) is 0 Å². The zero-order valence-electron chi connectivity index (χ0n) is 7.74. The topological polar surface area (TPSA) is 0 Å². The molecule has 0 aliphatic rings. The van der Waals surface area contributed by atoms with Gasteiger partial charge in [0.2, 0.25) is 0 Å². The van der Waals surface area contributed by atoms with Crippen molar-refractivity contribution in [3.05, 3.63) is 51.8 Å². The Morgan fingerprint density at radius 1 is 0.538 bits per heavy atom. The molecule has 0 bridgehead atoms. The molecular weight excluding hydrogens is 282 g/mol. The van der Waals surface area contributed by atoms with Crippen LogP contribution in [0, 0.1) is 0 Å². The van der Waals surface area contributed by atoms with Gasteiger partial charge < -0.3 is 0 Å². The molecular formula is C10H17Cl2Zr. The minimum atomic E-state index is -3.25. The van der Waals surface area contributed by atoms with Crippen molar-refractivity contribution in [1.29, 1.82) is 0 Å². The SMILES string of the molecule is C=[CH][Zr]([CH]=C)([CH]=C)([CH]=C)[CH]=C.Cl.Cl. The molecule has 3 heteroatoms. The van der Waals surface area contributed by atoms with Crippen LogP contribution in [-0.2, 0) is 18.8 Å². The number of hydrogen-bond acceptors (Lipinski definition) is 0. The van der Waals surface area contributed by atoms with E-state index in [-0.39, 0.29) is 24.8 Å². The van der Waals surface area contributed by atoms with Gasteiger partial charge in [0, 0.05) is 0 Å². The molecule has 0 aliphatic heterocycles. The van der Waals surface area contributed by atoms with E-state index >= 15 is 0 Å². The zero-order chi connectivity index (χ0) is 8.98. The molecule has 0 nitrogen and oxygen atoms in total. The van der Waals surface area contributed by atoms with E-state index in [1.54, 1.807) is 0 Å². The van der Waals surface area contributed by atoms with Crippen molar-refractivity contribution in [1.82, 2.24) is 0 Å². The first kappa shape index (κ1) is 18.9. The summed E-state index contributed by atoms with van der Waals surface area (Å²) in [7, 11) is 0. The molecule has 0 saturated carbocycles. The van der Waals surface area contributed by atoms with Crippen LogP contribution in [0.1, 0.15) is 0 Å². The van der Waals surface area contributed by atoms with Gasteiger partial charge in [-0.2, -0.15) is 0 Å². The summed E-state index contributed by atoms with van der Waals surface area (Å²) in [5.41, 5.74) is 0. The average Bonchev–Trinajstić information content (AvgIpc) is 2.12. The Hall–Kier alpha value is 0.163. The van der Waals surface area contributed by atoms with E-state index in [9.17, 15) is 0 Å². The van der Waals surface area contributed by atoms with E-state index in [1.165, 1.54) is 0 Å². The summed E-state index contributed by atoms with van der Waals surface area (Å²) < 4.78 is 9.59. The van der Waals surface area contributed by atoms with E-state index in [0.29, 0.717) is 0 Å². The summed E-state index contributed by atoms with van der Waals surface area (Å²) in [6, 6.07) is 0. The van der Waals surface area contributed by atoms with Gasteiger partial charge in [-0.3, -0.25) is 0 Å². The molecule has 0 heterocycles. The molecule has 0 aromatic rings. The van der Waals surface area contributed by atoms with Crippen LogP contribution >= 0.6 is 24.8 Å². The van der Waals surface area contributed by atoms with E-state index in [0.717, 1.165) is 0 Å². The number of hydrogen-bond donors (Lipinski definition) is 0. The first-order valence-electron chi connectivity index (χ1n) is 3.48. The molecule has 0 aromatic carbocycles. The molecule has 0 N–H and O–H groups in total. The Labute approximate surface area is 94.8 Å². The van der Waals surface area contributed by atoms with Crippen LogP contribution in [0.5, 0.6) is 0 Å². The molecule has 0 fully saturated rings. The first-order valence-corrected chi connectivity index (χ1v) is 10.6. The van der Waals surface area contributed by atoms with Gasteiger partial charge in [-0.25, -0.2) is 0 Å². The third kappa shape index (κ3) is 3.09. The van der Waals surface area contributed by atoms with E-state index < -0.39 is 18.8 Å². The molecule has 0 spiro atoms. The van der Waals surface area contributed by atoms with Gasteiger partial charge in [0.1, 0.15) is 0 Å². The third-order valence-electron chi connectivity index (χ3n) is 2.36. The van der Waals surface area contributed by atoms with Crippen LogP contribution < -0.4 is 0 Å². The predicted octanol–water partition coefficient (Wildman–Crippen LogP) is 4.24. The first-order chi connectivity index (χ1) is 5.12. The molecule has 0 radical (unpaired) electrons. The van der Waals surface area contributed by atoms with Gasteiger partial charge >= 0.3 is 70.6 Å². The zero-order valence-corrected chi connectivity index (χ0v) is 11.8. The summed E-state index contributed by atoms with van der Waals surface area (Å²) in [6.07, 6.45) is 0. The Kier molecular flexibility index (Phi) is 9.56. The second-order valence-corrected chi connectivity index (χ2v) is 15.9. The molecule has 13 heavy (non-hydrogen) atoms. The van der Waals surface area contributed by atoms with Crippen molar-refractivity contribution in [3.63, 3.8) is 0 Å². The predicted molar refractivity (Wildman–Crippen MR) is 65.5 cm³/mol. The van der Waals surface area contributed by atoms with Crippen molar-refractivity contribution in [2.24, 2.45) is 0 Å². The van der Waals surface area contributed by atoms with Crippen LogP contribution in [-0.4, -0.2) is 0 Å². The fourth-order valence-electron chi connectivity index (χ4n) is 0.833. The van der Waals surface area contributed by atoms with E-state index in [1.807, 2.05) is 18.9 Å². The van der Waals surface area contributed by atoms with Gasteiger partial charge in [0.05, 0.1) is 0 Å². The molecule has 0 aromatic heterocycles. The Morgan fingerprint density at radius 3 is 0.692 bits per heavy atom. The summed E-state index contributed by atoms with van der Waals surface area (Å²) in [4.78, 5) is 0. The summed E-state index contributed by atoms with van der Waals surface area (Å²) in [5.74, 6) is 0. The normalized spacial score (nSPS) is 11.5. The molecule has 0 aliphatic carbocycles. The minimum absolute atomic E-state index is 0. The smallest absolute Gasteiger partial charge is 0.147 e. The molecule has 0 saturated heterocycles. The second kappa shape index (κ2) is 6.59. The second-order valence-electron chi connectivity index (χ2n) is 2.69. The Balaban J connectivity index is -0.000000500. The van der Waals surface area contributed by atoms with Crippen molar-refractivity contribution < 1.29 is 18.8 Å². The maximum Gasteiger partial charge on any atom is -0.147 e. The Morgan fingerprint density at radius 2 is 0.692 bits per heavy atom. The monoisotopic (exact) mass is 297 g/mol. The molecule has 75 valence electrons. The van der Waals surface area contributed by atoms with Crippen LogP contribution in [0.25, 0.3) is 0 Å². The third-order valence-corrected chi connectivity index (χ3v) is 13.9. The van der Waals surface area contributed by atoms with Gasteiger partial charge in [-0.15, -0.1) is 24.8 Å². The van der Waals surface area contributed by atoms with Gasteiger partial charge in [-0.05, 0) is 0 Å². The van der Waals surface area contributed by atoms with Crippen molar-refractivity contribution >= 4 is 24.8 Å². The quantitative estimate of drug-likeness (QED) is 0.712. The van der Waals surface area contributed by atoms with Gasteiger partial charge in [0.15, 0.2) is 0 Å². The molecule has 0 amide bonds. The molecule has 0 atom stereocenters. The fraction of sp³-hybridized carbons (Fsp3) is 0. The van der Waals surface area contributed by atoms with Gasteiger partial charge in [0.25, 0.3) is 0 Å². The van der Waals surface area contributed by atoms with Crippen LogP contribution in [0.15, 0.2) is 51.8 Å². The number of halogens is 2. The van der Waals surface area contributed by atoms with Crippen molar-refractivity contribution in [3.8, 4) is 0 Å². The Bertz CT molecular complexity index is 167. The van der Waals surface area contributed by atoms with E-state index in [4.69, 9.17) is 0 Å². The minimum Gasteiger partial charge on any atom is -0.147 e. The van der Waals surface area contributed by atoms with E-state index in [2.05, 4.69) is 32.9 Å². The number of rotatable bonds is 5. The largest absolute Gasteiger partial charge is 0.147 e. The fourth-order valence-corrected chi connectivity index (χ4v) is 4.93. The summed E-state index contributed by atoms with van der Waals surface area (Å²) in [6.45, 7) is 19.0. The standard InChI is InChI=1S/5C2H3.2ClH.Zr/c5*1-2;;;/h5*1H,2H2;2*1H;. The molecule has 0 unspecified atom stereocenters. The summed E-state index contributed by atoms with van der Waals surface area (Å²) >= 11 is -3.25. The average molecular weight is 299 g/mol. The van der Waals surface area contributed by atoms with Crippen molar-refractivity contribution in [2.75, 3.05) is 0 Å². The maximum absolute atomic E-state index is 3.80. The van der Waals surface area contributed by atoms with Crippen LogP contribution in [0.2, 0.25) is 0 Å².